The summed E-state index contributed by atoms with van der Waals surface area (Å²) >= 11 is 0. The first kappa shape index (κ1) is 16.5. The van der Waals surface area contributed by atoms with Crippen LogP contribution >= 0.6 is 0 Å². The Hall–Kier alpha value is -2.31. The fraction of sp³-hybridized carbons (Fsp3) is 0.588. The van der Waals surface area contributed by atoms with Gasteiger partial charge in [-0.15, -0.1) is 0 Å². The normalized spacial score (nSPS) is 20.5. The SMILES string of the molecule is CC(=O)NCC(=O)N1CCC[C@@H](c2ncc3c(n2)CCCC3=O)C1. The summed E-state index contributed by atoms with van der Waals surface area (Å²) in [7, 11) is 0. The summed E-state index contributed by atoms with van der Waals surface area (Å²) in [6.45, 7) is 2.68. The summed E-state index contributed by atoms with van der Waals surface area (Å²) in [5.74, 6) is 0.643. The monoisotopic (exact) mass is 330 g/mol. The summed E-state index contributed by atoms with van der Waals surface area (Å²) in [6.07, 6.45) is 5.69. The van der Waals surface area contributed by atoms with Crippen molar-refractivity contribution in [2.75, 3.05) is 19.6 Å². The Balaban J connectivity index is 1.69. The molecule has 0 aromatic carbocycles. The highest BCUT2D eigenvalue weighted by molar-refractivity contribution is 5.97. The number of likely N-dealkylation sites (tertiary alicyclic amines) is 1. The van der Waals surface area contributed by atoms with Crippen LogP contribution < -0.4 is 5.32 Å². The van der Waals surface area contributed by atoms with Crippen molar-refractivity contribution < 1.29 is 14.4 Å². The molecule has 0 saturated carbocycles. The van der Waals surface area contributed by atoms with Gasteiger partial charge in [-0.05, 0) is 25.7 Å². The molecule has 1 aromatic rings. The first-order chi connectivity index (χ1) is 11.5. The summed E-state index contributed by atoms with van der Waals surface area (Å²) in [5, 5.41) is 2.54. The molecule has 2 heterocycles. The van der Waals surface area contributed by atoms with Crippen LogP contribution in [-0.2, 0) is 16.0 Å². The third kappa shape index (κ3) is 3.60. The lowest BCUT2D eigenvalue weighted by molar-refractivity contribution is -0.133. The quantitative estimate of drug-likeness (QED) is 0.886. The molecule has 128 valence electrons. The van der Waals surface area contributed by atoms with E-state index in [-0.39, 0.29) is 30.1 Å². The average Bonchev–Trinajstić information content (AvgIpc) is 2.59. The van der Waals surface area contributed by atoms with Crippen molar-refractivity contribution in [3.05, 3.63) is 23.3 Å². The van der Waals surface area contributed by atoms with E-state index in [4.69, 9.17) is 0 Å². The van der Waals surface area contributed by atoms with E-state index in [1.807, 2.05) is 0 Å². The lowest BCUT2D eigenvalue weighted by atomic mass is 9.94. The number of carbonyl (C=O) groups is 3. The predicted octanol–water partition coefficient (Wildman–Crippen LogP) is 0.838. The molecule has 24 heavy (non-hydrogen) atoms. The molecule has 0 unspecified atom stereocenters. The van der Waals surface area contributed by atoms with Crippen molar-refractivity contribution in [2.24, 2.45) is 0 Å². The van der Waals surface area contributed by atoms with Gasteiger partial charge in [0.2, 0.25) is 11.8 Å². The van der Waals surface area contributed by atoms with Crippen molar-refractivity contribution in [1.29, 1.82) is 0 Å². The fourth-order valence-electron chi connectivity index (χ4n) is 3.33. The number of fused-ring (bicyclic) bond motifs is 1. The van der Waals surface area contributed by atoms with Crippen LogP contribution in [0.15, 0.2) is 6.20 Å². The van der Waals surface area contributed by atoms with E-state index in [0.717, 1.165) is 37.2 Å². The zero-order valence-corrected chi connectivity index (χ0v) is 13.9. The number of hydrogen-bond donors (Lipinski definition) is 1. The Bertz CT molecular complexity index is 674. The topological polar surface area (TPSA) is 92.3 Å². The van der Waals surface area contributed by atoms with E-state index in [1.165, 1.54) is 6.92 Å². The van der Waals surface area contributed by atoms with E-state index < -0.39 is 0 Å². The molecule has 2 aliphatic rings. The van der Waals surface area contributed by atoms with Gasteiger partial charge >= 0.3 is 0 Å². The second-order valence-corrected chi connectivity index (χ2v) is 6.45. The number of ketones is 1. The van der Waals surface area contributed by atoms with Gasteiger partial charge < -0.3 is 10.2 Å². The first-order valence-corrected chi connectivity index (χ1v) is 8.46. The van der Waals surface area contributed by atoms with Gasteiger partial charge in [0.15, 0.2) is 5.78 Å². The van der Waals surface area contributed by atoms with Gasteiger partial charge in [-0.25, -0.2) is 9.97 Å². The number of carbonyl (C=O) groups excluding carboxylic acids is 3. The molecule has 7 heteroatoms. The summed E-state index contributed by atoms with van der Waals surface area (Å²) < 4.78 is 0. The minimum Gasteiger partial charge on any atom is -0.347 e. The molecule has 1 aliphatic heterocycles. The summed E-state index contributed by atoms with van der Waals surface area (Å²) in [6, 6.07) is 0. The van der Waals surface area contributed by atoms with Gasteiger partial charge in [0, 0.05) is 38.5 Å². The average molecular weight is 330 g/mol. The molecular formula is C17H22N4O3. The first-order valence-electron chi connectivity index (χ1n) is 8.46. The van der Waals surface area contributed by atoms with E-state index >= 15 is 0 Å². The predicted molar refractivity (Wildman–Crippen MR) is 86.5 cm³/mol. The van der Waals surface area contributed by atoms with Crippen LogP contribution in [0.25, 0.3) is 0 Å². The van der Waals surface area contributed by atoms with Crippen LogP contribution in [0.1, 0.15) is 60.4 Å². The number of nitrogens with zero attached hydrogens (tertiary/aromatic N) is 3. The maximum Gasteiger partial charge on any atom is 0.241 e. The lowest BCUT2D eigenvalue weighted by Crippen LogP contribution is -2.44. The number of aryl methyl sites for hydroxylation is 1. The van der Waals surface area contributed by atoms with E-state index in [1.54, 1.807) is 11.1 Å². The van der Waals surface area contributed by atoms with Crippen LogP contribution in [0, 0.1) is 0 Å². The Labute approximate surface area is 140 Å². The number of aromatic nitrogens is 2. The number of amides is 2. The van der Waals surface area contributed by atoms with Gasteiger partial charge in [0.05, 0.1) is 17.8 Å². The van der Waals surface area contributed by atoms with Gasteiger partial charge in [-0.3, -0.25) is 14.4 Å². The highest BCUT2D eigenvalue weighted by Gasteiger charge is 2.28. The number of piperidine rings is 1. The number of nitrogens with one attached hydrogen (secondary N) is 1. The molecule has 1 atom stereocenters. The second kappa shape index (κ2) is 7.07. The highest BCUT2D eigenvalue weighted by Crippen LogP contribution is 2.26. The van der Waals surface area contributed by atoms with Gasteiger partial charge in [0.1, 0.15) is 5.82 Å². The van der Waals surface area contributed by atoms with Crippen molar-refractivity contribution in [2.45, 2.75) is 44.9 Å². The molecule has 1 N–H and O–H groups in total. The molecule has 3 rings (SSSR count). The standard InChI is InChI=1S/C17H22N4O3/c1-11(22)18-9-16(24)21-7-3-4-12(10-21)17-19-8-13-14(20-17)5-2-6-15(13)23/h8,12H,2-7,9-10H2,1H3,(H,18,22)/t12-/m1/s1. The van der Waals surface area contributed by atoms with Gasteiger partial charge in [-0.2, -0.15) is 0 Å². The van der Waals surface area contributed by atoms with E-state index in [0.29, 0.717) is 25.1 Å². The van der Waals surface area contributed by atoms with E-state index in [9.17, 15) is 14.4 Å². The van der Waals surface area contributed by atoms with Gasteiger partial charge in [-0.1, -0.05) is 0 Å². The third-order valence-electron chi connectivity index (χ3n) is 4.63. The van der Waals surface area contributed by atoms with Crippen LogP contribution in [-0.4, -0.2) is 52.1 Å². The Morgan fingerprint density at radius 3 is 2.96 bits per heavy atom. The smallest absolute Gasteiger partial charge is 0.241 e. The van der Waals surface area contributed by atoms with Crippen molar-refractivity contribution in [3.63, 3.8) is 0 Å². The fourth-order valence-corrected chi connectivity index (χ4v) is 3.33. The minimum atomic E-state index is -0.209. The minimum absolute atomic E-state index is 0.0294. The van der Waals surface area contributed by atoms with Crippen molar-refractivity contribution >= 4 is 17.6 Å². The number of Topliss-reactive ketones (excluding diaryl/α,β-unsaturated/α-hetero) is 1. The Morgan fingerprint density at radius 2 is 2.17 bits per heavy atom. The third-order valence-corrected chi connectivity index (χ3v) is 4.63. The lowest BCUT2D eigenvalue weighted by Gasteiger charge is -2.32. The molecule has 0 bridgehead atoms. The van der Waals surface area contributed by atoms with Crippen LogP contribution in [0.5, 0.6) is 0 Å². The molecule has 1 aliphatic carbocycles. The van der Waals surface area contributed by atoms with Crippen molar-refractivity contribution in [3.8, 4) is 0 Å². The van der Waals surface area contributed by atoms with Gasteiger partial charge in [0.25, 0.3) is 0 Å². The summed E-state index contributed by atoms with van der Waals surface area (Å²) in [4.78, 5) is 45.8. The molecule has 7 nitrogen and oxygen atoms in total. The molecule has 2 amide bonds. The Kier molecular flexibility index (Phi) is 4.87. The zero-order valence-electron chi connectivity index (χ0n) is 13.9. The van der Waals surface area contributed by atoms with Crippen LogP contribution in [0.2, 0.25) is 0 Å². The molecular weight excluding hydrogens is 308 g/mol. The van der Waals surface area contributed by atoms with Crippen molar-refractivity contribution in [1.82, 2.24) is 20.2 Å². The Morgan fingerprint density at radius 1 is 1.33 bits per heavy atom. The highest BCUT2D eigenvalue weighted by atomic mass is 16.2. The maximum absolute atomic E-state index is 12.2. The number of hydrogen-bond acceptors (Lipinski definition) is 5. The zero-order chi connectivity index (χ0) is 17.1. The number of rotatable bonds is 3. The second-order valence-electron chi connectivity index (χ2n) is 6.45. The van der Waals surface area contributed by atoms with E-state index in [2.05, 4.69) is 15.3 Å². The van der Waals surface area contributed by atoms with Crippen LogP contribution in [0.3, 0.4) is 0 Å². The molecule has 1 fully saturated rings. The summed E-state index contributed by atoms with van der Waals surface area (Å²) in [5.41, 5.74) is 1.50. The molecule has 0 spiro atoms. The molecule has 1 aromatic heterocycles. The largest absolute Gasteiger partial charge is 0.347 e. The maximum atomic E-state index is 12.2. The molecule has 1 saturated heterocycles. The molecule has 0 radical (unpaired) electrons. The van der Waals surface area contributed by atoms with Crippen LogP contribution in [0.4, 0.5) is 0 Å².